The third-order valence-electron chi connectivity index (χ3n) is 6.82. The summed E-state index contributed by atoms with van der Waals surface area (Å²) in [5.74, 6) is -0.897. The predicted octanol–water partition coefficient (Wildman–Crippen LogP) is 4.87. The first-order chi connectivity index (χ1) is 14.7. The van der Waals surface area contributed by atoms with Crippen LogP contribution in [0.15, 0.2) is 27.4 Å². The summed E-state index contributed by atoms with van der Waals surface area (Å²) < 4.78 is 54.4. The second kappa shape index (κ2) is 8.50. The molecule has 2 aromatic rings. The highest BCUT2D eigenvalue weighted by Gasteiger charge is 2.39. The highest BCUT2D eigenvalue weighted by atomic mass is 19.4. The van der Waals surface area contributed by atoms with Crippen LogP contribution < -0.4 is 10.5 Å². The number of piperidine rings is 1. The molecule has 1 aliphatic heterocycles. The van der Waals surface area contributed by atoms with Gasteiger partial charge < -0.3 is 13.9 Å². The molecule has 1 saturated heterocycles. The van der Waals surface area contributed by atoms with Gasteiger partial charge >= 0.3 is 12.1 Å². The van der Waals surface area contributed by atoms with E-state index in [1.54, 1.807) is 0 Å². The van der Waals surface area contributed by atoms with E-state index in [2.05, 4.69) is 16.6 Å². The van der Waals surface area contributed by atoms with E-state index >= 15 is 0 Å². The molecule has 9 heteroatoms. The molecule has 0 amide bonds. The molecule has 1 aromatic heterocycles. The Morgan fingerprint density at radius 3 is 2.45 bits per heavy atom. The van der Waals surface area contributed by atoms with Crippen molar-refractivity contribution in [1.29, 1.82) is 0 Å². The van der Waals surface area contributed by atoms with Crippen LogP contribution in [0.4, 0.5) is 13.2 Å². The van der Waals surface area contributed by atoms with Crippen LogP contribution in [-0.4, -0.2) is 47.2 Å². The lowest BCUT2D eigenvalue weighted by Crippen LogP contribution is -2.52. The van der Waals surface area contributed by atoms with Crippen LogP contribution in [-0.2, 0) is 4.74 Å². The van der Waals surface area contributed by atoms with Crippen molar-refractivity contribution in [3.8, 4) is 5.75 Å². The third kappa shape index (κ3) is 4.77. The van der Waals surface area contributed by atoms with Gasteiger partial charge in [0, 0.05) is 37.3 Å². The molecule has 0 unspecified atom stereocenters. The zero-order valence-electron chi connectivity index (χ0n) is 17.9. The Balaban J connectivity index is 1.47. The lowest BCUT2D eigenvalue weighted by Gasteiger charge is -2.48. The second-order valence-corrected chi connectivity index (χ2v) is 8.79. The first-order valence-electron chi connectivity index (χ1n) is 11.0. The van der Waals surface area contributed by atoms with Gasteiger partial charge in [-0.25, -0.2) is 4.79 Å². The van der Waals surface area contributed by atoms with Crippen LogP contribution in [0, 0.1) is 0 Å². The molecule has 1 saturated carbocycles. The summed E-state index contributed by atoms with van der Waals surface area (Å²) in [6, 6.07) is 3.62. The number of aromatic nitrogens is 1. The maximum Gasteiger partial charge on any atom is 0.573 e. The Kier molecular flexibility index (Phi) is 6.09. The molecule has 2 fully saturated rings. The van der Waals surface area contributed by atoms with Gasteiger partial charge in [0.25, 0.3) is 0 Å². The summed E-state index contributed by atoms with van der Waals surface area (Å²) in [6.45, 7) is 6.74. The van der Waals surface area contributed by atoms with Crippen molar-refractivity contribution in [3.63, 3.8) is 0 Å². The molecule has 1 aliphatic carbocycles. The van der Waals surface area contributed by atoms with Crippen molar-refractivity contribution in [2.45, 2.75) is 76.4 Å². The van der Waals surface area contributed by atoms with E-state index in [0.717, 1.165) is 64.3 Å². The van der Waals surface area contributed by atoms with Crippen LogP contribution >= 0.6 is 0 Å². The number of rotatable bonds is 5. The third-order valence-corrected chi connectivity index (χ3v) is 6.82. The maximum absolute atomic E-state index is 12.6. The second-order valence-electron chi connectivity index (χ2n) is 8.79. The van der Waals surface area contributed by atoms with Gasteiger partial charge in [0.05, 0.1) is 11.6 Å². The SMILES string of the molecule is CCO[C@H]1CC[C@](C)(N2CCC(n3c(=O)oc4ccc(OC(F)(F)F)cc43)CC2)CC1. The van der Waals surface area contributed by atoms with Gasteiger partial charge in [0.2, 0.25) is 0 Å². The van der Waals surface area contributed by atoms with Crippen molar-refractivity contribution < 1.29 is 27.1 Å². The molecule has 4 rings (SSSR count). The molecule has 0 radical (unpaired) electrons. The largest absolute Gasteiger partial charge is 0.573 e. The molecule has 1 aromatic carbocycles. The standard InChI is InChI=1S/C22H29F3N2O4/c1-3-29-16-6-10-21(2,11-7-16)26-12-8-15(9-13-26)27-18-14-17(31-22(23,24)25)4-5-19(18)30-20(27)28/h4-5,14-16H,3,6-13H2,1-2H3/t16-,21-. The van der Waals surface area contributed by atoms with E-state index in [1.807, 2.05) is 6.92 Å². The summed E-state index contributed by atoms with van der Waals surface area (Å²) in [5.41, 5.74) is 0.729. The maximum atomic E-state index is 12.6. The minimum Gasteiger partial charge on any atom is -0.408 e. The number of fused-ring (bicyclic) bond motifs is 1. The molecule has 2 heterocycles. The number of oxazole rings is 1. The highest BCUT2D eigenvalue weighted by Crippen LogP contribution is 2.38. The summed E-state index contributed by atoms with van der Waals surface area (Å²) in [7, 11) is 0. The molecule has 0 atom stereocenters. The van der Waals surface area contributed by atoms with Crippen molar-refractivity contribution in [2.75, 3.05) is 19.7 Å². The Hall–Kier alpha value is -2.00. The summed E-state index contributed by atoms with van der Waals surface area (Å²) >= 11 is 0. The first-order valence-corrected chi connectivity index (χ1v) is 11.0. The number of hydrogen-bond donors (Lipinski definition) is 0. The first kappa shape index (κ1) is 22.2. The fourth-order valence-electron chi connectivity index (χ4n) is 5.15. The molecule has 0 N–H and O–H groups in total. The van der Waals surface area contributed by atoms with Crippen LogP contribution in [0.5, 0.6) is 5.75 Å². The molecule has 31 heavy (non-hydrogen) atoms. The quantitative estimate of drug-likeness (QED) is 0.662. The summed E-state index contributed by atoms with van der Waals surface area (Å²) in [5, 5.41) is 0. The molecule has 0 bridgehead atoms. The topological polar surface area (TPSA) is 56.8 Å². The summed E-state index contributed by atoms with van der Waals surface area (Å²) in [6.07, 6.45) is 1.30. The van der Waals surface area contributed by atoms with Gasteiger partial charge in [-0.15, -0.1) is 13.2 Å². The summed E-state index contributed by atoms with van der Waals surface area (Å²) in [4.78, 5) is 15.0. The van der Waals surface area contributed by atoms with Crippen LogP contribution in [0.2, 0.25) is 0 Å². The van der Waals surface area contributed by atoms with Gasteiger partial charge in [-0.1, -0.05) is 0 Å². The molecular weight excluding hydrogens is 413 g/mol. The van der Waals surface area contributed by atoms with E-state index < -0.39 is 12.1 Å². The smallest absolute Gasteiger partial charge is 0.408 e. The van der Waals surface area contributed by atoms with E-state index in [0.29, 0.717) is 11.6 Å². The van der Waals surface area contributed by atoms with Crippen LogP contribution in [0.3, 0.4) is 0 Å². The van der Waals surface area contributed by atoms with Crippen molar-refractivity contribution >= 4 is 11.1 Å². The lowest BCUT2D eigenvalue weighted by molar-refractivity contribution is -0.274. The fraction of sp³-hybridized carbons (Fsp3) is 0.682. The normalized spacial score (nSPS) is 26.4. The van der Waals surface area contributed by atoms with Gasteiger partial charge in [0.15, 0.2) is 5.58 Å². The average Bonchev–Trinajstić information content (AvgIpc) is 3.04. The number of ether oxygens (including phenoxy) is 2. The van der Waals surface area contributed by atoms with Gasteiger partial charge in [-0.3, -0.25) is 9.47 Å². The Morgan fingerprint density at radius 2 is 1.84 bits per heavy atom. The zero-order valence-corrected chi connectivity index (χ0v) is 17.9. The zero-order chi connectivity index (χ0) is 22.2. The highest BCUT2D eigenvalue weighted by molar-refractivity contribution is 5.75. The Morgan fingerprint density at radius 1 is 1.16 bits per heavy atom. The fourth-order valence-corrected chi connectivity index (χ4v) is 5.15. The van der Waals surface area contributed by atoms with E-state index in [4.69, 9.17) is 9.15 Å². The molecule has 2 aliphatic rings. The minimum atomic E-state index is -4.79. The lowest BCUT2D eigenvalue weighted by atomic mass is 9.79. The molecular formula is C22H29F3N2O4. The molecule has 0 spiro atoms. The number of likely N-dealkylation sites (tertiary alicyclic amines) is 1. The van der Waals surface area contributed by atoms with Gasteiger partial charge in [-0.05, 0) is 64.5 Å². The van der Waals surface area contributed by atoms with Gasteiger partial charge in [0.1, 0.15) is 5.75 Å². The monoisotopic (exact) mass is 442 g/mol. The number of hydrogen-bond acceptors (Lipinski definition) is 5. The van der Waals surface area contributed by atoms with Gasteiger partial charge in [-0.2, -0.15) is 0 Å². The number of benzene rings is 1. The molecule has 6 nitrogen and oxygen atoms in total. The van der Waals surface area contributed by atoms with Crippen molar-refractivity contribution in [2.24, 2.45) is 0 Å². The van der Waals surface area contributed by atoms with Crippen LogP contribution in [0.25, 0.3) is 11.1 Å². The van der Waals surface area contributed by atoms with E-state index in [1.165, 1.54) is 16.7 Å². The van der Waals surface area contributed by atoms with Crippen molar-refractivity contribution in [3.05, 3.63) is 28.7 Å². The predicted molar refractivity (Wildman–Crippen MR) is 109 cm³/mol. The number of halogens is 3. The average molecular weight is 442 g/mol. The van der Waals surface area contributed by atoms with E-state index in [9.17, 15) is 18.0 Å². The number of nitrogens with zero attached hydrogens (tertiary/aromatic N) is 2. The van der Waals surface area contributed by atoms with Crippen molar-refractivity contribution in [1.82, 2.24) is 9.47 Å². The van der Waals surface area contributed by atoms with E-state index in [-0.39, 0.29) is 22.9 Å². The minimum absolute atomic E-state index is 0.116. The Bertz CT molecular complexity index is 952. The Labute approximate surface area is 178 Å². The van der Waals surface area contributed by atoms with Crippen LogP contribution in [0.1, 0.15) is 58.4 Å². The molecule has 172 valence electrons. The number of alkyl halides is 3.